The number of aryl methyl sites for hydroxylation is 1. The Morgan fingerprint density at radius 1 is 1.14 bits per heavy atom. The van der Waals surface area contributed by atoms with Gasteiger partial charge in [0.15, 0.2) is 0 Å². The Morgan fingerprint density at radius 3 is 2.55 bits per heavy atom. The van der Waals surface area contributed by atoms with Gasteiger partial charge in [-0.15, -0.1) is 0 Å². The van der Waals surface area contributed by atoms with Gasteiger partial charge in [0.05, 0.1) is 18.4 Å². The summed E-state index contributed by atoms with van der Waals surface area (Å²) in [6, 6.07) is 17.0. The Kier molecular flexibility index (Phi) is 5.03. The van der Waals surface area contributed by atoms with Gasteiger partial charge in [-0.2, -0.15) is 5.10 Å². The molecule has 1 fully saturated rings. The molecule has 1 N–H and O–H groups in total. The molecule has 2 aromatic carbocycles. The van der Waals surface area contributed by atoms with E-state index in [1.807, 2.05) is 23.0 Å². The molecule has 1 saturated carbocycles. The molecule has 0 aliphatic heterocycles. The van der Waals surface area contributed by atoms with Crippen LogP contribution in [0.3, 0.4) is 0 Å². The van der Waals surface area contributed by atoms with Crippen LogP contribution < -0.4 is 5.32 Å². The van der Waals surface area contributed by atoms with E-state index >= 15 is 0 Å². The lowest BCUT2D eigenvalue weighted by Gasteiger charge is -2.19. The van der Waals surface area contributed by atoms with E-state index in [0.717, 1.165) is 12.1 Å². The maximum Gasteiger partial charge on any atom is 0.228 e. The topological polar surface area (TPSA) is 46.9 Å². The molecule has 1 aliphatic carbocycles. The van der Waals surface area contributed by atoms with Crippen LogP contribution in [0.4, 0.5) is 5.69 Å². The number of carbonyl (C=O) groups excluding carboxylic acids is 1. The molecule has 1 amide bonds. The third-order valence-electron chi connectivity index (χ3n) is 5.83. The minimum Gasteiger partial charge on any atom is -0.323 e. The molecule has 1 heterocycles. The molecule has 0 radical (unpaired) electrons. The van der Waals surface area contributed by atoms with Crippen LogP contribution in [0.15, 0.2) is 60.9 Å². The smallest absolute Gasteiger partial charge is 0.228 e. The molecule has 1 aromatic heterocycles. The lowest BCUT2D eigenvalue weighted by molar-refractivity contribution is -0.117. The predicted octanol–water partition coefficient (Wildman–Crippen LogP) is 5.28. The van der Waals surface area contributed by atoms with E-state index in [1.165, 1.54) is 22.3 Å². The summed E-state index contributed by atoms with van der Waals surface area (Å²) in [5.41, 5.74) is 5.97. The van der Waals surface area contributed by atoms with E-state index in [0.29, 0.717) is 12.5 Å². The van der Waals surface area contributed by atoms with Crippen LogP contribution in [0.5, 0.6) is 0 Å². The minimum atomic E-state index is 0.0511. The fourth-order valence-electron chi connectivity index (χ4n) is 3.80. The molecular weight excluding hydrogens is 358 g/mol. The normalized spacial score (nSPS) is 18.5. The number of aromatic nitrogens is 2. The zero-order chi connectivity index (χ0) is 20.6. The number of amides is 1. The molecule has 0 saturated heterocycles. The van der Waals surface area contributed by atoms with Crippen molar-refractivity contribution in [1.29, 1.82) is 0 Å². The average molecular weight is 388 g/mol. The highest BCUT2D eigenvalue weighted by Crippen LogP contribution is 2.48. The third-order valence-corrected chi connectivity index (χ3v) is 5.83. The van der Waals surface area contributed by atoms with E-state index in [9.17, 15) is 4.79 Å². The first-order chi connectivity index (χ1) is 13.8. The van der Waals surface area contributed by atoms with Crippen LogP contribution in [0.25, 0.3) is 0 Å². The van der Waals surface area contributed by atoms with Crippen LogP contribution in [0, 0.1) is 12.8 Å². The number of hydrogen-bond acceptors (Lipinski definition) is 2. The van der Waals surface area contributed by atoms with Crippen LogP contribution in [-0.4, -0.2) is 15.7 Å². The highest BCUT2D eigenvalue weighted by molar-refractivity contribution is 5.95. The quantitative estimate of drug-likeness (QED) is 0.647. The fraction of sp³-hybridized carbons (Fsp3) is 0.360. The largest absolute Gasteiger partial charge is 0.323 e. The molecule has 3 aromatic rings. The summed E-state index contributed by atoms with van der Waals surface area (Å²) >= 11 is 0. The van der Waals surface area contributed by atoms with E-state index in [4.69, 9.17) is 0 Å². The maximum atomic E-state index is 12.7. The van der Waals surface area contributed by atoms with Gasteiger partial charge >= 0.3 is 0 Å². The van der Waals surface area contributed by atoms with Gasteiger partial charge < -0.3 is 5.32 Å². The SMILES string of the molecule is Cc1ccccc1Cn1cc(NC(=O)C2CC2c2ccc(C(C)(C)C)cc2)cn1. The summed E-state index contributed by atoms with van der Waals surface area (Å²) in [5, 5.41) is 7.43. The number of rotatable bonds is 5. The predicted molar refractivity (Wildman–Crippen MR) is 117 cm³/mol. The number of nitrogens with zero attached hydrogens (tertiary/aromatic N) is 2. The first-order valence-corrected chi connectivity index (χ1v) is 10.3. The van der Waals surface area contributed by atoms with Crippen molar-refractivity contribution < 1.29 is 4.79 Å². The van der Waals surface area contributed by atoms with Crippen molar-refractivity contribution in [2.45, 2.75) is 52.0 Å². The van der Waals surface area contributed by atoms with Gasteiger partial charge in [0, 0.05) is 12.1 Å². The van der Waals surface area contributed by atoms with Crippen LogP contribution >= 0.6 is 0 Å². The van der Waals surface area contributed by atoms with Crippen LogP contribution in [0.1, 0.15) is 55.4 Å². The highest BCUT2D eigenvalue weighted by Gasteiger charge is 2.44. The molecule has 1 aliphatic rings. The average Bonchev–Trinajstić information content (AvgIpc) is 3.37. The van der Waals surface area contributed by atoms with Crippen LogP contribution in [0.2, 0.25) is 0 Å². The van der Waals surface area contributed by atoms with Crippen molar-refractivity contribution in [2.75, 3.05) is 5.32 Å². The van der Waals surface area contributed by atoms with Crippen molar-refractivity contribution in [3.8, 4) is 0 Å². The zero-order valence-corrected chi connectivity index (χ0v) is 17.6. The fourth-order valence-corrected chi connectivity index (χ4v) is 3.80. The number of nitrogens with one attached hydrogen (secondary N) is 1. The lowest BCUT2D eigenvalue weighted by atomic mass is 9.86. The first-order valence-electron chi connectivity index (χ1n) is 10.3. The zero-order valence-electron chi connectivity index (χ0n) is 17.6. The van der Waals surface area contributed by atoms with E-state index in [2.05, 4.69) is 74.5 Å². The maximum absolute atomic E-state index is 12.7. The second-order valence-electron chi connectivity index (χ2n) is 9.16. The van der Waals surface area contributed by atoms with Gasteiger partial charge in [-0.1, -0.05) is 69.3 Å². The first kappa shape index (κ1) is 19.4. The molecule has 0 spiro atoms. The Morgan fingerprint density at radius 2 is 1.86 bits per heavy atom. The van der Waals surface area contributed by atoms with Crippen molar-refractivity contribution in [2.24, 2.45) is 5.92 Å². The standard InChI is InChI=1S/C25H29N3O/c1-17-7-5-6-8-19(17)15-28-16-21(14-26-28)27-24(29)23-13-22(23)18-9-11-20(12-10-18)25(2,3)4/h5-12,14,16,22-23H,13,15H2,1-4H3,(H,27,29). The number of carbonyl (C=O) groups is 1. The molecule has 150 valence electrons. The van der Waals surface area contributed by atoms with Crippen molar-refractivity contribution in [3.63, 3.8) is 0 Å². The Bertz CT molecular complexity index is 1010. The lowest BCUT2D eigenvalue weighted by Crippen LogP contribution is -2.14. The van der Waals surface area contributed by atoms with Gasteiger partial charge in [-0.3, -0.25) is 9.48 Å². The minimum absolute atomic E-state index is 0.0511. The summed E-state index contributed by atoms with van der Waals surface area (Å²) in [6.45, 7) is 9.45. The molecule has 4 rings (SSSR count). The van der Waals surface area contributed by atoms with Crippen LogP contribution in [-0.2, 0) is 16.8 Å². The Hall–Kier alpha value is -2.88. The number of benzene rings is 2. The van der Waals surface area contributed by atoms with Gasteiger partial charge in [0.2, 0.25) is 5.91 Å². The number of anilines is 1. The highest BCUT2D eigenvalue weighted by atomic mass is 16.2. The van der Waals surface area contributed by atoms with Crippen molar-refractivity contribution in [3.05, 3.63) is 83.2 Å². The summed E-state index contributed by atoms with van der Waals surface area (Å²) in [5.74, 6) is 0.464. The Balaban J connectivity index is 1.35. The van der Waals surface area contributed by atoms with Gasteiger partial charge in [-0.05, 0) is 46.9 Å². The Labute approximate surface area is 173 Å². The van der Waals surface area contributed by atoms with Gasteiger partial charge in [-0.25, -0.2) is 0 Å². The van der Waals surface area contributed by atoms with E-state index < -0.39 is 0 Å². The van der Waals surface area contributed by atoms with Gasteiger partial charge in [0.25, 0.3) is 0 Å². The second-order valence-corrected chi connectivity index (χ2v) is 9.16. The summed E-state index contributed by atoms with van der Waals surface area (Å²) in [6.07, 6.45) is 4.55. The molecule has 29 heavy (non-hydrogen) atoms. The summed E-state index contributed by atoms with van der Waals surface area (Å²) in [7, 11) is 0. The molecule has 0 bridgehead atoms. The third kappa shape index (κ3) is 4.42. The van der Waals surface area contributed by atoms with Gasteiger partial charge in [0.1, 0.15) is 0 Å². The summed E-state index contributed by atoms with van der Waals surface area (Å²) < 4.78 is 1.87. The summed E-state index contributed by atoms with van der Waals surface area (Å²) in [4.78, 5) is 12.7. The molecule has 2 atom stereocenters. The molecular formula is C25H29N3O. The second kappa shape index (κ2) is 7.51. The molecule has 2 unspecified atom stereocenters. The monoisotopic (exact) mass is 387 g/mol. The van der Waals surface area contributed by atoms with E-state index in [1.54, 1.807) is 6.20 Å². The van der Waals surface area contributed by atoms with Crippen molar-refractivity contribution >= 4 is 11.6 Å². The van der Waals surface area contributed by atoms with Crippen molar-refractivity contribution in [1.82, 2.24) is 9.78 Å². The van der Waals surface area contributed by atoms with E-state index in [-0.39, 0.29) is 17.2 Å². The number of hydrogen-bond donors (Lipinski definition) is 1. The molecule has 4 heteroatoms. The molecule has 4 nitrogen and oxygen atoms in total.